The summed E-state index contributed by atoms with van der Waals surface area (Å²) < 4.78 is 10.6. The molecular weight excluding hydrogens is 320 g/mol. The van der Waals surface area contributed by atoms with E-state index in [9.17, 15) is 9.59 Å². The molecule has 2 aliphatic rings. The average molecular weight is 346 g/mol. The molecule has 1 unspecified atom stereocenters. The number of hydrogen-bond donors (Lipinski definition) is 0. The number of methoxy groups -OCH3 is 2. The number of amides is 2. The Hall–Kier alpha value is -2.24. The Labute approximate surface area is 148 Å². The molecule has 6 nitrogen and oxygen atoms in total. The number of anilines is 1. The van der Waals surface area contributed by atoms with Gasteiger partial charge in [-0.15, -0.1) is 0 Å². The van der Waals surface area contributed by atoms with E-state index in [-0.39, 0.29) is 17.7 Å². The first-order valence-electron chi connectivity index (χ1n) is 8.90. The fourth-order valence-corrected chi connectivity index (χ4v) is 3.78. The smallest absolute Gasteiger partial charge is 0.249 e. The van der Waals surface area contributed by atoms with Crippen molar-refractivity contribution < 1.29 is 19.1 Å². The molecule has 1 aliphatic carbocycles. The van der Waals surface area contributed by atoms with Crippen molar-refractivity contribution in [2.45, 2.75) is 38.6 Å². The molecule has 1 aromatic rings. The molecule has 0 N–H and O–H groups in total. The van der Waals surface area contributed by atoms with E-state index in [0.717, 1.165) is 31.4 Å². The summed E-state index contributed by atoms with van der Waals surface area (Å²) in [5, 5.41) is 0. The summed E-state index contributed by atoms with van der Waals surface area (Å²) in [6.07, 6.45) is 4.13. The molecule has 1 saturated heterocycles. The number of ether oxygens (including phenoxy) is 2. The van der Waals surface area contributed by atoms with Crippen LogP contribution in [-0.2, 0) is 9.59 Å². The van der Waals surface area contributed by atoms with Gasteiger partial charge in [-0.2, -0.15) is 0 Å². The van der Waals surface area contributed by atoms with E-state index >= 15 is 0 Å². The first-order valence-corrected chi connectivity index (χ1v) is 8.90. The zero-order chi connectivity index (χ0) is 18.0. The van der Waals surface area contributed by atoms with Gasteiger partial charge in [-0.3, -0.25) is 9.59 Å². The number of carbonyl (C=O) groups excluding carboxylic acids is 2. The molecule has 136 valence electrons. The van der Waals surface area contributed by atoms with E-state index in [1.54, 1.807) is 30.1 Å². The van der Waals surface area contributed by atoms with Gasteiger partial charge in [0.15, 0.2) is 0 Å². The topological polar surface area (TPSA) is 59.1 Å². The highest BCUT2D eigenvalue weighted by Gasteiger charge is 2.38. The fourth-order valence-electron chi connectivity index (χ4n) is 3.78. The van der Waals surface area contributed by atoms with Gasteiger partial charge in [-0.05, 0) is 19.8 Å². The normalized spacial score (nSPS) is 21.6. The SMILES string of the molecule is COc1cc(OC)cc(N2CCN(C(=O)C3CCCC3)C(C)C2=O)c1. The van der Waals surface area contributed by atoms with Crippen molar-refractivity contribution in [3.05, 3.63) is 18.2 Å². The van der Waals surface area contributed by atoms with Crippen LogP contribution in [0.5, 0.6) is 11.5 Å². The van der Waals surface area contributed by atoms with Gasteiger partial charge < -0.3 is 19.3 Å². The lowest BCUT2D eigenvalue weighted by Crippen LogP contribution is -2.58. The molecule has 0 radical (unpaired) electrons. The Balaban J connectivity index is 1.78. The van der Waals surface area contributed by atoms with Crippen molar-refractivity contribution in [2.75, 3.05) is 32.2 Å². The summed E-state index contributed by atoms with van der Waals surface area (Å²) in [5.41, 5.74) is 0.737. The third kappa shape index (κ3) is 3.43. The Morgan fingerprint density at radius 1 is 1.04 bits per heavy atom. The monoisotopic (exact) mass is 346 g/mol. The highest BCUT2D eigenvalue weighted by atomic mass is 16.5. The average Bonchev–Trinajstić information content (AvgIpc) is 3.17. The van der Waals surface area contributed by atoms with Crippen molar-refractivity contribution in [3.8, 4) is 11.5 Å². The first kappa shape index (κ1) is 17.6. The van der Waals surface area contributed by atoms with Crippen molar-refractivity contribution in [3.63, 3.8) is 0 Å². The lowest BCUT2D eigenvalue weighted by atomic mass is 10.0. The molecule has 1 atom stereocenters. The molecule has 2 amide bonds. The van der Waals surface area contributed by atoms with E-state index in [2.05, 4.69) is 0 Å². The summed E-state index contributed by atoms with van der Waals surface area (Å²) >= 11 is 0. The van der Waals surface area contributed by atoms with E-state index in [1.807, 2.05) is 19.1 Å². The molecular formula is C19H26N2O4. The Morgan fingerprint density at radius 2 is 1.64 bits per heavy atom. The maximum atomic E-state index is 12.9. The molecule has 1 aliphatic heterocycles. The number of benzene rings is 1. The molecule has 6 heteroatoms. The fraction of sp³-hybridized carbons (Fsp3) is 0.579. The van der Waals surface area contributed by atoms with Gasteiger partial charge in [0, 0.05) is 37.2 Å². The Morgan fingerprint density at radius 3 is 2.20 bits per heavy atom. The second-order valence-electron chi connectivity index (χ2n) is 6.75. The minimum absolute atomic E-state index is 0.0621. The van der Waals surface area contributed by atoms with Crippen LogP contribution < -0.4 is 14.4 Å². The van der Waals surface area contributed by atoms with Crippen LogP contribution in [0.3, 0.4) is 0 Å². The second-order valence-corrected chi connectivity index (χ2v) is 6.75. The third-order valence-electron chi connectivity index (χ3n) is 5.29. The van der Waals surface area contributed by atoms with E-state index in [0.29, 0.717) is 24.6 Å². The predicted octanol–water partition coefficient (Wildman–Crippen LogP) is 2.46. The number of rotatable bonds is 4. The highest BCUT2D eigenvalue weighted by molar-refractivity contribution is 6.00. The van der Waals surface area contributed by atoms with E-state index in [4.69, 9.17) is 9.47 Å². The standard InChI is InChI=1S/C19H26N2O4/c1-13-18(22)21(15-10-16(24-2)12-17(11-15)25-3)9-8-20(13)19(23)14-6-4-5-7-14/h10-14H,4-9H2,1-3H3. The van der Waals surface area contributed by atoms with Crippen LogP contribution in [0.15, 0.2) is 18.2 Å². The minimum Gasteiger partial charge on any atom is -0.497 e. The maximum absolute atomic E-state index is 12.9. The van der Waals surface area contributed by atoms with Crippen LogP contribution in [0.4, 0.5) is 5.69 Å². The largest absolute Gasteiger partial charge is 0.497 e. The van der Waals surface area contributed by atoms with Gasteiger partial charge >= 0.3 is 0 Å². The van der Waals surface area contributed by atoms with Gasteiger partial charge in [-0.1, -0.05) is 12.8 Å². The Bertz CT molecular complexity index is 633. The van der Waals surface area contributed by atoms with Crippen LogP contribution in [0, 0.1) is 5.92 Å². The molecule has 0 bridgehead atoms. The van der Waals surface area contributed by atoms with Crippen LogP contribution in [0.25, 0.3) is 0 Å². The number of carbonyl (C=O) groups is 2. The lowest BCUT2D eigenvalue weighted by Gasteiger charge is -2.40. The molecule has 0 aromatic heterocycles. The number of nitrogens with zero attached hydrogens (tertiary/aromatic N) is 2. The van der Waals surface area contributed by atoms with Gasteiger partial charge in [-0.25, -0.2) is 0 Å². The zero-order valence-corrected chi connectivity index (χ0v) is 15.2. The summed E-state index contributed by atoms with van der Waals surface area (Å²) in [6.45, 7) is 2.86. The molecule has 2 fully saturated rings. The molecule has 1 saturated carbocycles. The Kier molecular flexibility index (Phi) is 5.16. The van der Waals surface area contributed by atoms with E-state index < -0.39 is 6.04 Å². The van der Waals surface area contributed by atoms with Gasteiger partial charge in [0.1, 0.15) is 17.5 Å². The van der Waals surface area contributed by atoms with Crippen molar-refractivity contribution >= 4 is 17.5 Å². The number of hydrogen-bond acceptors (Lipinski definition) is 4. The highest BCUT2D eigenvalue weighted by Crippen LogP contribution is 2.32. The maximum Gasteiger partial charge on any atom is 0.249 e. The van der Waals surface area contributed by atoms with Crippen LogP contribution in [0.2, 0.25) is 0 Å². The number of piperazine rings is 1. The summed E-state index contributed by atoms with van der Waals surface area (Å²) in [7, 11) is 3.17. The summed E-state index contributed by atoms with van der Waals surface area (Å²) in [5.74, 6) is 1.45. The molecule has 25 heavy (non-hydrogen) atoms. The zero-order valence-electron chi connectivity index (χ0n) is 15.2. The first-order chi connectivity index (χ1) is 12.0. The van der Waals surface area contributed by atoms with Crippen molar-refractivity contribution in [1.29, 1.82) is 0 Å². The summed E-state index contributed by atoms with van der Waals surface area (Å²) in [6, 6.07) is 4.97. The molecule has 0 spiro atoms. The van der Waals surface area contributed by atoms with Crippen LogP contribution in [0.1, 0.15) is 32.6 Å². The van der Waals surface area contributed by atoms with E-state index in [1.165, 1.54) is 0 Å². The molecule has 1 aromatic carbocycles. The lowest BCUT2D eigenvalue weighted by molar-refractivity contribution is -0.143. The van der Waals surface area contributed by atoms with Crippen molar-refractivity contribution in [2.24, 2.45) is 5.92 Å². The third-order valence-corrected chi connectivity index (χ3v) is 5.29. The van der Waals surface area contributed by atoms with Gasteiger partial charge in [0.25, 0.3) is 0 Å². The van der Waals surface area contributed by atoms with Gasteiger partial charge in [0.05, 0.1) is 19.9 Å². The second kappa shape index (κ2) is 7.33. The van der Waals surface area contributed by atoms with Crippen molar-refractivity contribution in [1.82, 2.24) is 4.90 Å². The molecule has 3 rings (SSSR count). The summed E-state index contributed by atoms with van der Waals surface area (Å²) in [4.78, 5) is 29.1. The predicted molar refractivity (Wildman–Crippen MR) is 95.0 cm³/mol. The van der Waals surface area contributed by atoms with Gasteiger partial charge in [0.2, 0.25) is 11.8 Å². The minimum atomic E-state index is -0.445. The van der Waals surface area contributed by atoms with Crippen LogP contribution in [-0.4, -0.2) is 50.1 Å². The quantitative estimate of drug-likeness (QED) is 0.840. The molecule has 1 heterocycles. The van der Waals surface area contributed by atoms with Crippen LogP contribution >= 0.6 is 0 Å².